The first-order chi connectivity index (χ1) is 6.91. The van der Waals surface area contributed by atoms with E-state index in [1.165, 1.54) is 0 Å². The molecule has 6 N–H and O–H groups in total. The number of rotatable bonds is 2. The molecular formula is C8H10Cl2F3N3O. The van der Waals surface area contributed by atoms with Crippen LogP contribution in [0.1, 0.15) is 11.1 Å². The van der Waals surface area contributed by atoms with Crippen molar-refractivity contribution in [2.45, 2.75) is 6.54 Å². The minimum absolute atomic E-state index is 0. The SMILES string of the molecule is Cl.Cl.N=C(N)c1c(O)c(F)c(CN)c(F)c1F. The quantitative estimate of drug-likeness (QED) is 0.377. The molecule has 0 amide bonds. The van der Waals surface area contributed by atoms with E-state index in [-0.39, 0.29) is 24.8 Å². The Morgan fingerprint density at radius 1 is 1.12 bits per heavy atom. The Hall–Kier alpha value is -1.18. The smallest absolute Gasteiger partial charge is 0.174 e. The summed E-state index contributed by atoms with van der Waals surface area (Å²) < 4.78 is 39.4. The van der Waals surface area contributed by atoms with Crippen LogP contribution in [0.2, 0.25) is 0 Å². The van der Waals surface area contributed by atoms with Gasteiger partial charge < -0.3 is 16.6 Å². The summed E-state index contributed by atoms with van der Waals surface area (Å²) >= 11 is 0. The summed E-state index contributed by atoms with van der Waals surface area (Å²) in [6.45, 7) is -0.611. The van der Waals surface area contributed by atoms with Crippen LogP contribution in [0.25, 0.3) is 0 Å². The molecule has 17 heavy (non-hydrogen) atoms. The molecule has 0 spiro atoms. The molecule has 0 atom stereocenters. The maximum Gasteiger partial charge on any atom is 0.174 e. The van der Waals surface area contributed by atoms with E-state index in [0.717, 1.165) is 0 Å². The molecule has 0 saturated heterocycles. The molecule has 1 rings (SSSR count). The summed E-state index contributed by atoms with van der Waals surface area (Å²) in [6, 6.07) is 0. The van der Waals surface area contributed by atoms with Crippen molar-refractivity contribution >= 4 is 30.6 Å². The van der Waals surface area contributed by atoms with Crippen molar-refractivity contribution < 1.29 is 18.3 Å². The van der Waals surface area contributed by atoms with E-state index in [0.29, 0.717) is 0 Å². The molecule has 4 nitrogen and oxygen atoms in total. The Bertz CT molecular complexity index is 414. The number of hydrogen-bond acceptors (Lipinski definition) is 3. The van der Waals surface area contributed by atoms with Crippen LogP contribution in [-0.4, -0.2) is 10.9 Å². The Kier molecular flexibility index (Phi) is 6.99. The summed E-state index contributed by atoms with van der Waals surface area (Å²) in [7, 11) is 0. The van der Waals surface area contributed by atoms with E-state index in [9.17, 15) is 13.2 Å². The zero-order valence-electron chi connectivity index (χ0n) is 8.26. The topological polar surface area (TPSA) is 96.1 Å². The number of phenolic OH excluding ortho intramolecular Hbond substituents is 1. The Morgan fingerprint density at radius 2 is 1.59 bits per heavy atom. The summed E-state index contributed by atoms with van der Waals surface area (Å²) in [5.74, 6) is -6.70. The van der Waals surface area contributed by atoms with Crippen LogP contribution in [0.15, 0.2) is 0 Å². The number of aromatic hydroxyl groups is 1. The molecule has 0 saturated carbocycles. The first-order valence-electron chi connectivity index (χ1n) is 3.84. The monoisotopic (exact) mass is 291 g/mol. The molecule has 1 aromatic rings. The van der Waals surface area contributed by atoms with Crippen LogP contribution in [-0.2, 0) is 6.54 Å². The number of halogens is 5. The predicted octanol–water partition coefficient (Wildman–Crippen LogP) is 1.40. The van der Waals surface area contributed by atoms with Gasteiger partial charge in [0, 0.05) is 12.1 Å². The van der Waals surface area contributed by atoms with Crippen LogP contribution in [0.3, 0.4) is 0 Å². The highest BCUT2D eigenvalue weighted by molar-refractivity contribution is 5.98. The molecule has 1 aromatic carbocycles. The average Bonchev–Trinajstić information content (AvgIpc) is 2.16. The fraction of sp³-hybridized carbons (Fsp3) is 0.125. The fourth-order valence-corrected chi connectivity index (χ4v) is 1.12. The van der Waals surface area contributed by atoms with Crippen LogP contribution < -0.4 is 11.5 Å². The van der Waals surface area contributed by atoms with Gasteiger partial charge in [0.25, 0.3) is 0 Å². The Labute approximate surface area is 107 Å². The van der Waals surface area contributed by atoms with Crippen LogP contribution >= 0.6 is 24.8 Å². The van der Waals surface area contributed by atoms with Crippen molar-refractivity contribution in [2.75, 3.05) is 0 Å². The van der Waals surface area contributed by atoms with Crippen LogP contribution in [0.4, 0.5) is 13.2 Å². The second-order valence-corrected chi connectivity index (χ2v) is 2.76. The van der Waals surface area contributed by atoms with Crippen molar-refractivity contribution in [3.8, 4) is 5.75 Å². The molecular weight excluding hydrogens is 282 g/mol. The first kappa shape index (κ1) is 18.2. The molecule has 98 valence electrons. The van der Waals surface area contributed by atoms with Gasteiger partial charge in [-0.1, -0.05) is 0 Å². The largest absolute Gasteiger partial charge is 0.504 e. The second-order valence-electron chi connectivity index (χ2n) is 2.76. The van der Waals surface area contributed by atoms with E-state index >= 15 is 0 Å². The van der Waals surface area contributed by atoms with E-state index in [2.05, 4.69) is 0 Å². The standard InChI is InChI=1S/C8H8F3N3O.2ClH/c9-4-2(1-12)5(10)7(15)3(6(4)11)8(13)14;;/h15H,1,12H2,(H3,13,14);2*1H. The minimum Gasteiger partial charge on any atom is -0.504 e. The number of hydrogen-bond donors (Lipinski definition) is 4. The van der Waals surface area contributed by atoms with Gasteiger partial charge in [-0.3, -0.25) is 5.41 Å². The van der Waals surface area contributed by atoms with Crippen LogP contribution in [0.5, 0.6) is 5.75 Å². The molecule has 0 aliphatic heterocycles. The number of benzene rings is 1. The lowest BCUT2D eigenvalue weighted by atomic mass is 10.1. The van der Waals surface area contributed by atoms with Crippen molar-refractivity contribution in [3.63, 3.8) is 0 Å². The van der Waals surface area contributed by atoms with Gasteiger partial charge >= 0.3 is 0 Å². The highest BCUT2D eigenvalue weighted by Crippen LogP contribution is 2.29. The Morgan fingerprint density at radius 3 is 1.94 bits per heavy atom. The van der Waals surface area contributed by atoms with Gasteiger partial charge in [0.05, 0.1) is 5.56 Å². The van der Waals surface area contributed by atoms with Crippen molar-refractivity contribution in [3.05, 3.63) is 28.6 Å². The van der Waals surface area contributed by atoms with E-state index in [1.807, 2.05) is 0 Å². The van der Waals surface area contributed by atoms with Gasteiger partial charge in [-0.25, -0.2) is 13.2 Å². The zero-order valence-corrected chi connectivity index (χ0v) is 9.89. The van der Waals surface area contributed by atoms with E-state index in [4.69, 9.17) is 22.0 Å². The zero-order chi connectivity index (χ0) is 11.7. The number of amidine groups is 1. The summed E-state index contributed by atoms with van der Waals surface area (Å²) in [5, 5.41) is 16.0. The number of phenols is 1. The number of nitrogens with one attached hydrogen (secondary N) is 1. The van der Waals surface area contributed by atoms with Gasteiger partial charge in [0.2, 0.25) is 0 Å². The van der Waals surface area contributed by atoms with Crippen molar-refractivity contribution in [1.82, 2.24) is 0 Å². The maximum absolute atomic E-state index is 13.2. The average molecular weight is 292 g/mol. The summed E-state index contributed by atoms with van der Waals surface area (Å²) in [4.78, 5) is 0. The minimum atomic E-state index is -1.58. The molecule has 0 heterocycles. The molecule has 9 heteroatoms. The van der Waals surface area contributed by atoms with Gasteiger partial charge in [-0.2, -0.15) is 0 Å². The third-order valence-electron chi connectivity index (χ3n) is 1.86. The highest BCUT2D eigenvalue weighted by atomic mass is 35.5. The van der Waals surface area contributed by atoms with E-state index < -0.39 is 46.7 Å². The molecule has 0 unspecified atom stereocenters. The molecule has 0 bridgehead atoms. The summed E-state index contributed by atoms with van der Waals surface area (Å²) in [5.41, 5.74) is 8.06. The molecule has 0 aliphatic carbocycles. The van der Waals surface area contributed by atoms with Gasteiger partial charge in [0.15, 0.2) is 23.2 Å². The fourth-order valence-electron chi connectivity index (χ4n) is 1.12. The predicted molar refractivity (Wildman–Crippen MR) is 61.4 cm³/mol. The molecule has 0 aliphatic rings. The third kappa shape index (κ3) is 2.93. The Balaban J connectivity index is 0. The molecule has 0 radical (unpaired) electrons. The van der Waals surface area contributed by atoms with Gasteiger partial charge in [0.1, 0.15) is 5.84 Å². The highest BCUT2D eigenvalue weighted by Gasteiger charge is 2.25. The van der Waals surface area contributed by atoms with Gasteiger partial charge in [-0.15, -0.1) is 24.8 Å². The molecule has 0 aromatic heterocycles. The summed E-state index contributed by atoms with van der Waals surface area (Å²) in [6.07, 6.45) is 0. The number of nitrogen functional groups attached to an aromatic ring is 1. The number of nitrogens with two attached hydrogens (primary N) is 2. The molecule has 0 fully saturated rings. The van der Waals surface area contributed by atoms with E-state index in [1.54, 1.807) is 0 Å². The second kappa shape index (κ2) is 6.53. The maximum atomic E-state index is 13.2. The normalized spacial score (nSPS) is 9.18. The van der Waals surface area contributed by atoms with Gasteiger partial charge in [-0.05, 0) is 0 Å². The lowest BCUT2D eigenvalue weighted by molar-refractivity contribution is 0.403. The first-order valence-corrected chi connectivity index (χ1v) is 3.84. The van der Waals surface area contributed by atoms with Crippen LogP contribution in [0, 0.1) is 22.9 Å². The van der Waals surface area contributed by atoms with Crippen molar-refractivity contribution in [1.29, 1.82) is 5.41 Å². The third-order valence-corrected chi connectivity index (χ3v) is 1.86. The lowest BCUT2D eigenvalue weighted by Crippen LogP contribution is -2.17. The van der Waals surface area contributed by atoms with Crippen molar-refractivity contribution in [2.24, 2.45) is 11.5 Å². The lowest BCUT2D eigenvalue weighted by Gasteiger charge is -2.10.